The van der Waals surface area contributed by atoms with Crippen LogP contribution >= 0.6 is 15.9 Å². The molecule has 1 unspecified atom stereocenters. The van der Waals surface area contributed by atoms with Gasteiger partial charge in [0.05, 0.1) is 12.5 Å². The fraction of sp³-hybridized carbons (Fsp3) is 0.385. The van der Waals surface area contributed by atoms with Gasteiger partial charge in [0.25, 0.3) is 0 Å². The number of hydrogen-bond acceptors (Lipinski definition) is 3. The van der Waals surface area contributed by atoms with Crippen molar-refractivity contribution in [3.63, 3.8) is 0 Å². The van der Waals surface area contributed by atoms with Gasteiger partial charge in [0.2, 0.25) is 5.91 Å². The lowest BCUT2D eigenvalue weighted by atomic mass is 10.0. The zero-order valence-corrected chi connectivity index (χ0v) is 12.1. The summed E-state index contributed by atoms with van der Waals surface area (Å²) in [7, 11) is 0. The summed E-state index contributed by atoms with van der Waals surface area (Å²) in [5, 5.41) is 11.1. The van der Waals surface area contributed by atoms with Crippen LogP contribution in [0.4, 0.5) is 0 Å². The van der Waals surface area contributed by atoms with Crippen LogP contribution in [0.3, 0.4) is 0 Å². The molecular weight excluding hydrogens is 314 g/mol. The van der Waals surface area contributed by atoms with Gasteiger partial charge >= 0.3 is 5.97 Å². The van der Waals surface area contributed by atoms with Crippen LogP contribution in [0.15, 0.2) is 28.7 Å². The number of carboxylic acids is 1. The summed E-state index contributed by atoms with van der Waals surface area (Å²) >= 11 is 3.34. The van der Waals surface area contributed by atoms with Gasteiger partial charge in [-0.25, -0.2) is 4.79 Å². The van der Waals surface area contributed by atoms with Crippen molar-refractivity contribution < 1.29 is 19.4 Å². The minimum atomic E-state index is -1.02. The molecule has 6 heteroatoms. The third-order valence-corrected chi connectivity index (χ3v) is 3.06. The van der Waals surface area contributed by atoms with Crippen molar-refractivity contribution in [3.05, 3.63) is 34.3 Å². The zero-order valence-electron chi connectivity index (χ0n) is 10.6. The molecule has 0 bridgehead atoms. The molecule has 0 aromatic heterocycles. The summed E-state index contributed by atoms with van der Waals surface area (Å²) in [5.74, 6) is -1.39. The molecule has 1 rings (SSSR count). The highest BCUT2D eigenvalue weighted by Gasteiger charge is 2.14. The number of carboxylic acid groups (broad SMARTS) is 1. The highest BCUT2D eigenvalue weighted by molar-refractivity contribution is 9.10. The van der Waals surface area contributed by atoms with E-state index in [1.165, 1.54) is 0 Å². The number of amides is 1. The molecule has 1 atom stereocenters. The molecule has 0 saturated carbocycles. The van der Waals surface area contributed by atoms with E-state index in [0.29, 0.717) is 6.54 Å². The van der Waals surface area contributed by atoms with E-state index in [0.717, 1.165) is 10.0 Å². The van der Waals surface area contributed by atoms with Gasteiger partial charge in [-0.1, -0.05) is 28.1 Å². The lowest BCUT2D eigenvalue weighted by molar-refractivity contribution is -0.142. The van der Waals surface area contributed by atoms with Gasteiger partial charge in [-0.15, -0.1) is 0 Å². The molecule has 0 heterocycles. The van der Waals surface area contributed by atoms with Gasteiger partial charge in [0, 0.05) is 11.0 Å². The molecule has 5 nitrogen and oxygen atoms in total. The van der Waals surface area contributed by atoms with Gasteiger partial charge in [-0.05, 0) is 24.6 Å². The van der Waals surface area contributed by atoms with E-state index >= 15 is 0 Å². The van der Waals surface area contributed by atoms with E-state index < -0.39 is 5.97 Å². The molecule has 0 aliphatic rings. The third-order valence-electron chi connectivity index (χ3n) is 2.53. The standard InChI is InChI=1S/C13H16BrNO4/c1-9(10-2-4-11(14)5-3-10)13(18)15-6-7-19-8-12(16)17/h2-5,9H,6-8H2,1H3,(H,15,18)(H,16,17). The molecule has 1 amide bonds. The maximum atomic E-state index is 11.8. The molecule has 0 saturated heterocycles. The molecule has 0 spiro atoms. The number of carbonyl (C=O) groups excluding carboxylic acids is 1. The second-order valence-corrected chi connectivity index (χ2v) is 4.93. The maximum absolute atomic E-state index is 11.8. The largest absolute Gasteiger partial charge is 0.480 e. The monoisotopic (exact) mass is 329 g/mol. The molecule has 0 aliphatic carbocycles. The van der Waals surface area contributed by atoms with E-state index in [2.05, 4.69) is 21.2 Å². The Kier molecular flexibility index (Phi) is 6.52. The zero-order chi connectivity index (χ0) is 14.3. The van der Waals surface area contributed by atoms with Crippen molar-refractivity contribution in [3.8, 4) is 0 Å². The lowest BCUT2D eigenvalue weighted by Crippen LogP contribution is -2.31. The minimum absolute atomic E-state index is 0.110. The van der Waals surface area contributed by atoms with Crippen molar-refractivity contribution in [2.45, 2.75) is 12.8 Å². The Labute approximate surface area is 120 Å². The number of aliphatic carboxylic acids is 1. The first-order valence-corrected chi connectivity index (χ1v) is 6.62. The van der Waals surface area contributed by atoms with Crippen LogP contribution in [0.1, 0.15) is 18.4 Å². The normalized spacial score (nSPS) is 11.9. The SMILES string of the molecule is CC(C(=O)NCCOCC(=O)O)c1ccc(Br)cc1. The van der Waals surface area contributed by atoms with Crippen LogP contribution in [0.2, 0.25) is 0 Å². The van der Waals surface area contributed by atoms with Gasteiger partial charge in [-0.2, -0.15) is 0 Å². The van der Waals surface area contributed by atoms with Gasteiger partial charge in [0.15, 0.2) is 0 Å². The summed E-state index contributed by atoms with van der Waals surface area (Å²) < 4.78 is 5.79. The highest BCUT2D eigenvalue weighted by Crippen LogP contribution is 2.18. The van der Waals surface area contributed by atoms with Crippen LogP contribution in [-0.2, 0) is 14.3 Å². The fourth-order valence-electron chi connectivity index (χ4n) is 1.46. The predicted octanol–water partition coefficient (Wildman–Crippen LogP) is 1.77. The maximum Gasteiger partial charge on any atom is 0.329 e. The Hall–Kier alpha value is -1.40. The number of rotatable bonds is 7. The number of benzene rings is 1. The lowest BCUT2D eigenvalue weighted by Gasteiger charge is -2.12. The van der Waals surface area contributed by atoms with Crippen molar-refractivity contribution >= 4 is 27.8 Å². The highest BCUT2D eigenvalue weighted by atomic mass is 79.9. The Morgan fingerprint density at radius 3 is 2.58 bits per heavy atom. The fourth-order valence-corrected chi connectivity index (χ4v) is 1.73. The Balaban J connectivity index is 2.32. The van der Waals surface area contributed by atoms with Gasteiger partial charge in [-0.3, -0.25) is 4.79 Å². The molecule has 1 aromatic carbocycles. The molecule has 2 N–H and O–H groups in total. The van der Waals surface area contributed by atoms with Crippen molar-refractivity contribution in [1.82, 2.24) is 5.32 Å². The minimum Gasteiger partial charge on any atom is -0.480 e. The van der Waals surface area contributed by atoms with Crippen molar-refractivity contribution in [1.29, 1.82) is 0 Å². The number of halogens is 1. The summed E-state index contributed by atoms with van der Waals surface area (Å²) in [6.07, 6.45) is 0. The Morgan fingerprint density at radius 2 is 2.00 bits per heavy atom. The molecule has 0 fully saturated rings. The van der Waals surface area contributed by atoms with Crippen LogP contribution in [0.5, 0.6) is 0 Å². The molecule has 104 valence electrons. The predicted molar refractivity (Wildman–Crippen MR) is 74.0 cm³/mol. The Bertz CT molecular complexity index is 433. The number of nitrogens with one attached hydrogen (secondary N) is 1. The van der Waals surface area contributed by atoms with Crippen LogP contribution in [0, 0.1) is 0 Å². The van der Waals surface area contributed by atoms with Crippen LogP contribution in [0.25, 0.3) is 0 Å². The van der Waals surface area contributed by atoms with Crippen LogP contribution in [-0.4, -0.2) is 36.7 Å². The van der Waals surface area contributed by atoms with E-state index in [9.17, 15) is 9.59 Å². The summed E-state index contributed by atoms with van der Waals surface area (Å²) in [5.41, 5.74) is 0.923. The number of hydrogen-bond donors (Lipinski definition) is 2. The summed E-state index contributed by atoms with van der Waals surface area (Å²) in [6, 6.07) is 7.54. The summed E-state index contributed by atoms with van der Waals surface area (Å²) in [6.45, 7) is 1.95. The third kappa shape index (κ3) is 5.85. The second-order valence-electron chi connectivity index (χ2n) is 4.01. The van der Waals surface area contributed by atoms with Crippen molar-refractivity contribution in [2.75, 3.05) is 19.8 Å². The molecule has 1 aromatic rings. The van der Waals surface area contributed by atoms with Gasteiger partial charge < -0.3 is 15.2 Å². The van der Waals surface area contributed by atoms with E-state index in [4.69, 9.17) is 9.84 Å². The molecule has 19 heavy (non-hydrogen) atoms. The summed E-state index contributed by atoms with van der Waals surface area (Å²) in [4.78, 5) is 22.0. The van der Waals surface area contributed by atoms with E-state index in [1.807, 2.05) is 31.2 Å². The van der Waals surface area contributed by atoms with E-state index in [1.54, 1.807) is 0 Å². The van der Waals surface area contributed by atoms with E-state index in [-0.39, 0.29) is 25.0 Å². The van der Waals surface area contributed by atoms with Crippen molar-refractivity contribution in [2.24, 2.45) is 0 Å². The topological polar surface area (TPSA) is 75.6 Å². The second kappa shape index (κ2) is 7.91. The Morgan fingerprint density at radius 1 is 1.37 bits per heavy atom. The first kappa shape index (κ1) is 15.7. The smallest absolute Gasteiger partial charge is 0.329 e. The quantitative estimate of drug-likeness (QED) is 0.747. The number of carbonyl (C=O) groups is 2. The average Bonchev–Trinajstić information content (AvgIpc) is 2.37. The molecular formula is C13H16BrNO4. The molecule has 0 aliphatic heterocycles. The first-order valence-electron chi connectivity index (χ1n) is 5.83. The van der Waals surface area contributed by atoms with Crippen LogP contribution < -0.4 is 5.32 Å². The average molecular weight is 330 g/mol. The van der Waals surface area contributed by atoms with Gasteiger partial charge in [0.1, 0.15) is 6.61 Å². The molecule has 0 radical (unpaired) electrons. The number of ether oxygens (including phenoxy) is 1. The first-order chi connectivity index (χ1) is 9.00.